The average Bonchev–Trinajstić information content (AvgIpc) is 2.52. The predicted octanol–water partition coefficient (Wildman–Crippen LogP) is 4.04. The highest BCUT2D eigenvalue weighted by atomic mass is 16.5. The first kappa shape index (κ1) is 15.0. The van der Waals surface area contributed by atoms with Crippen molar-refractivity contribution < 1.29 is 4.74 Å². The van der Waals surface area contributed by atoms with E-state index in [-0.39, 0.29) is 5.60 Å². The van der Waals surface area contributed by atoms with Gasteiger partial charge in [0.25, 0.3) is 0 Å². The van der Waals surface area contributed by atoms with Gasteiger partial charge in [0.05, 0.1) is 0 Å². The summed E-state index contributed by atoms with van der Waals surface area (Å²) in [5.74, 6) is 1.01. The summed E-state index contributed by atoms with van der Waals surface area (Å²) in [7, 11) is 0. The van der Waals surface area contributed by atoms with Gasteiger partial charge >= 0.3 is 0 Å². The molecule has 0 bridgehead atoms. The number of aryl methyl sites for hydroxylation is 1. The van der Waals surface area contributed by atoms with Gasteiger partial charge in [0.1, 0.15) is 11.4 Å². The normalized spacial score (nSPS) is 19.3. The fraction of sp³-hybridized carbons (Fsp3) is 0.421. The van der Waals surface area contributed by atoms with Gasteiger partial charge in [-0.15, -0.1) is 0 Å². The molecule has 22 heavy (non-hydrogen) atoms. The fourth-order valence-corrected chi connectivity index (χ4v) is 3.05. The number of ether oxygens (including phenoxy) is 1. The lowest BCUT2D eigenvalue weighted by Gasteiger charge is -2.38. The van der Waals surface area contributed by atoms with Gasteiger partial charge in [0, 0.05) is 37.0 Å². The Bertz CT molecular complexity index is 637. The molecule has 0 aliphatic carbocycles. The Hall–Kier alpha value is -1.87. The van der Waals surface area contributed by atoms with Crippen molar-refractivity contribution in [2.24, 2.45) is 0 Å². The quantitative estimate of drug-likeness (QED) is 0.924. The molecular weight excluding hydrogens is 272 g/mol. The molecule has 0 saturated heterocycles. The van der Waals surface area contributed by atoms with Crippen molar-refractivity contribution in [2.45, 2.75) is 51.8 Å². The minimum absolute atomic E-state index is 0.142. The molecule has 1 aliphatic rings. The van der Waals surface area contributed by atoms with E-state index in [4.69, 9.17) is 4.74 Å². The smallest absolute Gasteiger partial charge is 0.124 e. The largest absolute Gasteiger partial charge is 0.487 e. The van der Waals surface area contributed by atoms with E-state index in [1.165, 1.54) is 16.7 Å². The first-order valence-electron chi connectivity index (χ1n) is 8.01. The first-order chi connectivity index (χ1) is 10.6. The fourth-order valence-electron chi connectivity index (χ4n) is 3.05. The van der Waals surface area contributed by atoms with Crippen molar-refractivity contribution in [1.29, 1.82) is 0 Å². The van der Waals surface area contributed by atoms with Crippen molar-refractivity contribution in [1.82, 2.24) is 10.3 Å². The number of hydrogen-bond acceptors (Lipinski definition) is 3. The molecule has 1 atom stereocenters. The summed E-state index contributed by atoms with van der Waals surface area (Å²) in [4.78, 5) is 4.07. The van der Waals surface area contributed by atoms with Crippen molar-refractivity contribution >= 4 is 0 Å². The van der Waals surface area contributed by atoms with Gasteiger partial charge in [0.15, 0.2) is 0 Å². The molecule has 1 N–H and O–H groups in total. The Morgan fingerprint density at radius 2 is 1.95 bits per heavy atom. The third-order valence-corrected chi connectivity index (χ3v) is 4.24. The minimum Gasteiger partial charge on any atom is -0.487 e. The van der Waals surface area contributed by atoms with Crippen LogP contribution in [0.1, 0.15) is 49.9 Å². The van der Waals surface area contributed by atoms with Crippen LogP contribution in [0.4, 0.5) is 0 Å². The third-order valence-electron chi connectivity index (χ3n) is 4.24. The molecule has 0 saturated carbocycles. The number of nitrogens with one attached hydrogen (secondary N) is 1. The number of aromatic nitrogens is 1. The summed E-state index contributed by atoms with van der Waals surface area (Å²) < 4.78 is 6.15. The topological polar surface area (TPSA) is 34.2 Å². The van der Waals surface area contributed by atoms with Gasteiger partial charge in [-0.3, -0.25) is 4.98 Å². The van der Waals surface area contributed by atoms with E-state index >= 15 is 0 Å². The molecule has 3 nitrogen and oxygen atoms in total. The lowest BCUT2D eigenvalue weighted by molar-refractivity contribution is 0.0656. The minimum atomic E-state index is -0.142. The molecule has 0 fully saturated rings. The maximum absolute atomic E-state index is 6.15. The van der Waals surface area contributed by atoms with Crippen LogP contribution in [-0.4, -0.2) is 10.6 Å². The highest BCUT2D eigenvalue weighted by molar-refractivity contribution is 5.42. The second-order valence-electron chi connectivity index (χ2n) is 6.58. The van der Waals surface area contributed by atoms with Crippen molar-refractivity contribution in [3.8, 4) is 5.75 Å². The third kappa shape index (κ3) is 3.30. The lowest BCUT2D eigenvalue weighted by Crippen LogP contribution is -2.39. The SMILES string of the molecule is CCc1ccc2c(c1)C(NCc1ccncc1)CC(C)(C)O2. The second kappa shape index (κ2) is 6.09. The van der Waals surface area contributed by atoms with Crippen LogP contribution in [0.2, 0.25) is 0 Å². The summed E-state index contributed by atoms with van der Waals surface area (Å²) in [6, 6.07) is 11.0. The van der Waals surface area contributed by atoms with Crippen LogP contribution in [0.3, 0.4) is 0 Å². The van der Waals surface area contributed by atoms with E-state index in [1.807, 2.05) is 12.4 Å². The molecule has 2 aromatic rings. The molecule has 1 aromatic carbocycles. The molecule has 0 amide bonds. The zero-order chi connectivity index (χ0) is 15.6. The molecule has 1 aliphatic heterocycles. The molecule has 1 unspecified atom stereocenters. The predicted molar refractivity (Wildman–Crippen MR) is 89.0 cm³/mol. The Morgan fingerprint density at radius 1 is 1.18 bits per heavy atom. The van der Waals surface area contributed by atoms with Gasteiger partial charge in [-0.2, -0.15) is 0 Å². The van der Waals surface area contributed by atoms with E-state index in [1.54, 1.807) is 0 Å². The molecule has 3 rings (SSSR count). The molecule has 1 aromatic heterocycles. The van der Waals surface area contributed by atoms with E-state index in [0.717, 1.165) is 25.1 Å². The molecule has 3 heteroatoms. The monoisotopic (exact) mass is 296 g/mol. The molecule has 116 valence electrons. The average molecular weight is 296 g/mol. The van der Waals surface area contributed by atoms with Crippen LogP contribution in [0.15, 0.2) is 42.7 Å². The van der Waals surface area contributed by atoms with Gasteiger partial charge in [-0.25, -0.2) is 0 Å². The zero-order valence-corrected chi connectivity index (χ0v) is 13.6. The van der Waals surface area contributed by atoms with E-state index in [9.17, 15) is 0 Å². The maximum atomic E-state index is 6.15. The molecule has 0 spiro atoms. The summed E-state index contributed by atoms with van der Waals surface area (Å²) in [6.07, 6.45) is 5.70. The van der Waals surface area contributed by atoms with Gasteiger partial charge in [-0.05, 0) is 49.6 Å². The molecular formula is C19H24N2O. The van der Waals surface area contributed by atoms with E-state index in [2.05, 4.69) is 61.4 Å². The van der Waals surface area contributed by atoms with Crippen molar-refractivity contribution in [2.75, 3.05) is 0 Å². The highest BCUT2D eigenvalue weighted by Crippen LogP contribution is 2.40. The van der Waals surface area contributed by atoms with Crippen LogP contribution in [0.25, 0.3) is 0 Å². The zero-order valence-electron chi connectivity index (χ0n) is 13.6. The van der Waals surface area contributed by atoms with Crippen molar-refractivity contribution in [3.05, 3.63) is 59.4 Å². The van der Waals surface area contributed by atoms with Gasteiger partial charge in [0.2, 0.25) is 0 Å². The number of fused-ring (bicyclic) bond motifs is 1. The second-order valence-corrected chi connectivity index (χ2v) is 6.58. The van der Waals surface area contributed by atoms with Crippen LogP contribution in [0, 0.1) is 0 Å². The highest BCUT2D eigenvalue weighted by Gasteiger charge is 2.33. The van der Waals surface area contributed by atoms with Crippen LogP contribution < -0.4 is 10.1 Å². The van der Waals surface area contributed by atoms with Crippen LogP contribution in [-0.2, 0) is 13.0 Å². The summed E-state index contributed by atoms with van der Waals surface area (Å²) >= 11 is 0. The summed E-state index contributed by atoms with van der Waals surface area (Å²) in [5, 5.41) is 3.69. The lowest BCUT2D eigenvalue weighted by atomic mass is 9.88. The Balaban J connectivity index is 1.84. The molecule has 2 heterocycles. The maximum Gasteiger partial charge on any atom is 0.124 e. The van der Waals surface area contributed by atoms with Crippen molar-refractivity contribution in [3.63, 3.8) is 0 Å². The van der Waals surface area contributed by atoms with Gasteiger partial charge in [-0.1, -0.05) is 19.1 Å². The Labute approximate surface area is 132 Å². The number of benzene rings is 1. The first-order valence-corrected chi connectivity index (χ1v) is 8.01. The van der Waals surface area contributed by atoms with Gasteiger partial charge < -0.3 is 10.1 Å². The Morgan fingerprint density at radius 3 is 2.68 bits per heavy atom. The number of hydrogen-bond donors (Lipinski definition) is 1. The van der Waals surface area contributed by atoms with E-state index < -0.39 is 0 Å². The summed E-state index contributed by atoms with van der Waals surface area (Å²) in [5.41, 5.74) is 3.76. The standard InChI is InChI=1S/C19H24N2O/c1-4-14-5-6-18-16(11-14)17(12-19(2,3)22-18)21-13-15-7-9-20-10-8-15/h5-11,17,21H,4,12-13H2,1-3H3. The van der Waals surface area contributed by atoms with Crippen LogP contribution in [0.5, 0.6) is 5.75 Å². The number of pyridine rings is 1. The number of rotatable bonds is 4. The molecule has 0 radical (unpaired) electrons. The Kier molecular flexibility index (Phi) is 4.16. The van der Waals surface area contributed by atoms with Crippen LogP contribution >= 0.6 is 0 Å². The summed E-state index contributed by atoms with van der Waals surface area (Å²) in [6.45, 7) is 7.35. The number of nitrogens with zero attached hydrogens (tertiary/aromatic N) is 1. The van der Waals surface area contributed by atoms with E-state index in [0.29, 0.717) is 6.04 Å².